The van der Waals surface area contributed by atoms with Crippen LogP contribution in [-0.2, 0) is 11.3 Å². The summed E-state index contributed by atoms with van der Waals surface area (Å²) in [5.41, 5.74) is 2.72. The number of hydrogen-bond donors (Lipinski definition) is 3. The van der Waals surface area contributed by atoms with Crippen LogP contribution in [0.15, 0.2) is 66.9 Å². The van der Waals surface area contributed by atoms with E-state index in [2.05, 4.69) is 25.7 Å². The van der Waals surface area contributed by atoms with Gasteiger partial charge in [-0.25, -0.2) is 9.78 Å². The first-order valence-electron chi connectivity index (χ1n) is 9.76. The van der Waals surface area contributed by atoms with E-state index in [0.717, 1.165) is 17.0 Å². The van der Waals surface area contributed by atoms with Crippen molar-refractivity contribution < 1.29 is 19.1 Å². The van der Waals surface area contributed by atoms with Gasteiger partial charge in [0.25, 0.3) is 5.91 Å². The van der Waals surface area contributed by atoms with Crippen molar-refractivity contribution in [3.05, 3.63) is 78.0 Å². The van der Waals surface area contributed by atoms with E-state index >= 15 is 0 Å². The Morgan fingerprint density at radius 1 is 0.968 bits per heavy atom. The molecule has 31 heavy (non-hydrogen) atoms. The largest absolute Gasteiger partial charge is 0.494 e. The molecule has 0 aliphatic carbocycles. The van der Waals surface area contributed by atoms with Gasteiger partial charge in [0.2, 0.25) is 0 Å². The summed E-state index contributed by atoms with van der Waals surface area (Å²) in [6.07, 6.45) is 1.09. The molecule has 1 aromatic heterocycles. The lowest BCUT2D eigenvalue weighted by Crippen LogP contribution is -2.24. The molecular weight excluding hydrogens is 396 g/mol. The molecular formula is C23H24N4O4. The fourth-order valence-electron chi connectivity index (χ4n) is 2.78. The second-order valence-electron chi connectivity index (χ2n) is 6.48. The predicted octanol–water partition coefficient (Wildman–Crippen LogP) is 4.33. The summed E-state index contributed by atoms with van der Waals surface area (Å²) in [4.78, 5) is 28.3. The molecule has 3 rings (SSSR count). The van der Waals surface area contributed by atoms with Crippen LogP contribution in [0, 0.1) is 0 Å². The maximum absolute atomic E-state index is 12.7. The zero-order valence-corrected chi connectivity index (χ0v) is 17.3. The highest BCUT2D eigenvalue weighted by atomic mass is 16.5. The summed E-state index contributed by atoms with van der Waals surface area (Å²) in [6, 6.07) is 18.0. The molecule has 8 nitrogen and oxygen atoms in total. The second-order valence-corrected chi connectivity index (χ2v) is 6.48. The number of aromatic nitrogens is 1. The van der Waals surface area contributed by atoms with Crippen LogP contribution in [0.5, 0.6) is 5.75 Å². The number of carbonyl (C=O) groups is 2. The van der Waals surface area contributed by atoms with Gasteiger partial charge in [0, 0.05) is 24.1 Å². The van der Waals surface area contributed by atoms with Crippen LogP contribution in [0.4, 0.5) is 22.0 Å². The monoisotopic (exact) mass is 420 g/mol. The van der Waals surface area contributed by atoms with Crippen LogP contribution in [0.3, 0.4) is 0 Å². The van der Waals surface area contributed by atoms with Gasteiger partial charge in [-0.2, -0.15) is 0 Å². The van der Waals surface area contributed by atoms with Crippen LogP contribution in [0.25, 0.3) is 0 Å². The van der Waals surface area contributed by atoms with E-state index in [4.69, 9.17) is 4.74 Å². The molecule has 0 spiro atoms. The molecule has 160 valence electrons. The summed E-state index contributed by atoms with van der Waals surface area (Å²) in [7, 11) is 1.30. The highest BCUT2D eigenvalue weighted by Crippen LogP contribution is 2.21. The van der Waals surface area contributed by atoms with Gasteiger partial charge in [-0.05, 0) is 61.0 Å². The fourth-order valence-corrected chi connectivity index (χ4v) is 2.78. The van der Waals surface area contributed by atoms with Crippen LogP contribution in [-0.4, -0.2) is 30.7 Å². The van der Waals surface area contributed by atoms with Gasteiger partial charge in [-0.3, -0.25) is 10.1 Å². The van der Waals surface area contributed by atoms with E-state index in [1.54, 1.807) is 30.5 Å². The number of pyridine rings is 1. The number of nitrogens with one attached hydrogen (secondary N) is 3. The van der Waals surface area contributed by atoms with Gasteiger partial charge in [0.05, 0.1) is 19.3 Å². The number of rotatable bonds is 8. The molecule has 0 radical (unpaired) electrons. The average Bonchev–Trinajstić information content (AvgIpc) is 2.80. The van der Waals surface area contributed by atoms with E-state index in [1.807, 2.05) is 43.3 Å². The molecule has 1 heterocycles. The lowest BCUT2D eigenvalue weighted by atomic mass is 10.2. The third-order valence-corrected chi connectivity index (χ3v) is 4.32. The number of amides is 2. The van der Waals surface area contributed by atoms with Gasteiger partial charge in [-0.15, -0.1) is 0 Å². The van der Waals surface area contributed by atoms with Crippen molar-refractivity contribution in [3.63, 3.8) is 0 Å². The minimum absolute atomic E-state index is 0.252. The van der Waals surface area contributed by atoms with Crippen molar-refractivity contribution in [2.24, 2.45) is 0 Å². The van der Waals surface area contributed by atoms with E-state index < -0.39 is 6.09 Å². The second kappa shape index (κ2) is 10.6. The Hall–Kier alpha value is -4.07. The number of carbonyl (C=O) groups excluding carboxylic acids is 2. The number of anilines is 3. The van der Waals surface area contributed by atoms with E-state index in [-0.39, 0.29) is 5.91 Å². The first kappa shape index (κ1) is 21.6. The van der Waals surface area contributed by atoms with Crippen LogP contribution in [0.1, 0.15) is 22.8 Å². The Morgan fingerprint density at radius 2 is 1.68 bits per heavy atom. The number of ether oxygens (including phenoxy) is 2. The molecule has 0 bridgehead atoms. The Morgan fingerprint density at radius 3 is 2.35 bits per heavy atom. The third kappa shape index (κ3) is 6.20. The van der Waals surface area contributed by atoms with Crippen molar-refractivity contribution in [1.29, 1.82) is 0 Å². The van der Waals surface area contributed by atoms with Gasteiger partial charge >= 0.3 is 6.09 Å². The van der Waals surface area contributed by atoms with E-state index in [9.17, 15) is 9.59 Å². The van der Waals surface area contributed by atoms with Crippen molar-refractivity contribution >= 4 is 29.2 Å². The van der Waals surface area contributed by atoms with Crippen LogP contribution in [0.2, 0.25) is 0 Å². The smallest absolute Gasteiger partial charge is 0.411 e. The highest BCUT2D eigenvalue weighted by Gasteiger charge is 2.12. The third-order valence-electron chi connectivity index (χ3n) is 4.32. The van der Waals surface area contributed by atoms with E-state index in [0.29, 0.717) is 30.2 Å². The van der Waals surface area contributed by atoms with Crippen molar-refractivity contribution in [3.8, 4) is 5.75 Å². The minimum Gasteiger partial charge on any atom is -0.494 e. The first-order valence-corrected chi connectivity index (χ1v) is 9.76. The topological polar surface area (TPSA) is 102 Å². The predicted molar refractivity (Wildman–Crippen MR) is 119 cm³/mol. The molecule has 0 unspecified atom stereocenters. The Kier molecular flexibility index (Phi) is 7.42. The minimum atomic E-state index is -0.537. The summed E-state index contributed by atoms with van der Waals surface area (Å²) in [6.45, 7) is 2.86. The lowest BCUT2D eigenvalue weighted by molar-refractivity contribution is 0.0951. The Balaban J connectivity index is 1.62. The molecule has 8 heteroatoms. The van der Waals surface area contributed by atoms with Crippen LogP contribution < -0.4 is 20.7 Å². The first-order chi connectivity index (χ1) is 15.1. The molecule has 2 aromatic carbocycles. The molecule has 0 atom stereocenters. The SMILES string of the molecule is CCOc1ccc(Nc2ncccc2C(=O)NCc2ccc(NC(=O)OC)cc2)cc1. The average molecular weight is 420 g/mol. The number of hydrogen-bond acceptors (Lipinski definition) is 6. The van der Waals surface area contributed by atoms with Gasteiger partial charge < -0.3 is 20.1 Å². The summed E-state index contributed by atoms with van der Waals surface area (Å²) >= 11 is 0. The molecule has 0 aliphatic heterocycles. The zero-order chi connectivity index (χ0) is 22.1. The maximum atomic E-state index is 12.7. The van der Waals surface area contributed by atoms with Crippen molar-refractivity contribution in [2.45, 2.75) is 13.5 Å². The van der Waals surface area contributed by atoms with Gasteiger partial charge in [0.1, 0.15) is 11.6 Å². The Labute approximate surface area is 180 Å². The van der Waals surface area contributed by atoms with Crippen LogP contribution >= 0.6 is 0 Å². The van der Waals surface area contributed by atoms with Gasteiger partial charge in [0.15, 0.2) is 0 Å². The molecule has 3 aromatic rings. The van der Waals surface area contributed by atoms with E-state index in [1.165, 1.54) is 7.11 Å². The molecule has 2 amide bonds. The molecule has 0 saturated heterocycles. The zero-order valence-electron chi connectivity index (χ0n) is 17.3. The molecule has 0 aliphatic rings. The number of nitrogens with zero attached hydrogens (tertiary/aromatic N) is 1. The quantitative estimate of drug-likeness (QED) is 0.501. The van der Waals surface area contributed by atoms with Gasteiger partial charge in [-0.1, -0.05) is 12.1 Å². The van der Waals surface area contributed by atoms with Crippen molar-refractivity contribution in [1.82, 2.24) is 10.3 Å². The highest BCUT2D eigenvalue weighted by molar-refractivity contribution is 5.99. The maximum Gasteiger partial charge on any atom is 0.411 e. The Bertz CT molecular complexity index is 1020. The normalized spacial score (nSPS) is 10.1. The summed E-state index contributed by atoms with van der Waals surface area (Å²) in [5, 5.41) is 8.64. The standard InChI is InChI=1S/C23H24N4O4/c1-3-31-19-12-10-17(11-13-19)26-21-20(5-4-14-24-21)22(28)25-15-16-6-8-18(9-7-16)27-23(29)30-2/h4-14H,3,15H2,1-2H3,(H,24,26)(H,25,28)(H,27,29). The lowest BCUT2D eigenvalue weighted by Gasteiger charge is -2.12. The summed E-state index contributed by atoms with van der Waals surface area (Å²) < 4.78 is 10.0. The molecule has 0 saturated carbocycles. The fraction of sp³-hybridized carbons (Fsp3) is 0.174. The number of methoxy groups -OCH3 is 1. The number of benzene rings is 2. The summed E-state index contributed by atoms with van der Waals surface area (Å²) in [5.74, 6) is 0.986. The van der Waals surface area contributed by atoms with Crippen molar-refractivity contribution in [2.75, 3.05) is 24.4 Å². The molecule has 3 N–H and O–H groups in total. The molecule has 0 fully saturated rings.